The molecule has 32 heavy (non-hydrogen) atoms. The average molecular weight is 463 g/mol. The van der Waals surface area contributed by atoms with Crippen molar-refractivity contribution in [2.75, 3.05) is 26.4 Å². The van der Waals surface area contributed by atoms with E-state index in [1.54, 1.807) is 24.3 Å². The fourth-order valence-electron chi connectivity index (χ4n) is 3.85. The molecule has 0 saturated heterocycles. The zero-order valence-electron chi connectivity index (χ0n) is 18.9. The predicted molar refractivity (Wildman–Crippen MR) is 123 cm³/mol. The SMILES string of the molecule is CCCOC1CC(COCc2ccccc2)CC1OCCOS(=O)(=O)c1ccc(C)cc1. The van der Waals surface area contributed by atoms with Gasteiger partial charge in [0, 0.05) is 6.61 Å². The van der Waals surface area contributed by atoms with Crippen molar-refractivity contribution < 1.29 is 26.8 Å². The van der Waals surface area contributed by atoms with E-state index < -0.39 is 10.1 Å². The average Bonchev–Trinajstić information content (AvgIpc) is 3.18. The van der Waals surface area contributed by atoms with Crippen LogP contribution in [0.1, 0.15) is 37.3 Å². The molecule has 0 aliphatic heterocycles. The van der Waals surface area contributed by atoms with E-state index in [4.69, 9.17) is 18.4 Å². The first-order chi connectivity index (χ1) is 15.5. The summed E-state index contributed by atoms with van der Waals surface area (Å²) < 4.78 is 47.7. The normalized spacial score (nSPS) is 21.1. The van der Waals surface area contributed by atoms with Gasteiger partial charge in [0.05, 0.1) is 43.5 Å². The molecule has 1 fully saturated rings. The summed E-state index contributed by atoms with van der Waals surface area (Å²) in [7, 11) is -3.78. The summed E-state index contributed by atoms with van der Waals surface area (Å²) >= 11 is 0. The van der Waals surface area contributed by atoms with E-state index in [2.05, 4.69) is 19.1 Å². The van der Waals surface area contributed by atoms with Gasteiger partial charge in [0.2, 0.25) is 0 Å². The quantitative estimate of drug-likeness (QED) is 0.322. The van der Waals surface area contributed by atoms with Gasteiger partial charge >= 0.3 is 0 Å². The molecule has 2 aromatic carbocycles. The molecular formula is C25H34O6S. The molecule has 3 unspecified atom stereocenters. The Balaban J connectivity index is 1.43. The van der Waals surface area contributed by atoms with E-state index in [1.807, 2.05) is 25.1 Å². The fourth-order valence-corrected chi connectivity index (χ4v) is 4.74. The monoisotopic (exact) mass is 462 g/mol. The van der Waals surface area contributed by atoms with Crippen molar-refractivity contribution in [2.45, 2.75) is 56.8 Å². The molecule has 0 aromatic heterocycles. The van der Waals surface area contributed by atoms with Gasteiger partial charge in [-0.25, -0.2) is 0 Å². The lowest BCUT2D eigenvalue weighted by Crippen LogP contribution is -2.28. The fraction of sp³-hybridized carbons (Fsp3) is 0.520. The van der Waals surface area contributed by atoms with Crippen molar-refractivity contribution in [3.05, 3.63) is 65.7 Å². The van der Waals surface area contributed by atoms with Crippen molar-refractivity contribution in [3.8, 4) is 0 Å². The van der Waals surface area contributed by atoms with Gasteiger partial charge in [0.1, 0.15) is 0 Å². The number of hydrogen-bond acceptors (Lipinski definition) is 6. The van der Waals surface area contributed by atoms with Crippen molar-refractivity contribution in [2.24, 2.45) is 5.92 Å². The maximum absolute atomic E-state index is 12.3. The Kier molecular flexibility index (Phi) is 9.69. The smallest absolute Gasteiger partial charge is 0.297 e. The second kappa shape index (κ2) is 12.5. The van der Waals surface area contributed by atoms with Gasteiger partial charge in [-0.2, -0.15) is 8.42 Å². The van der Waals surface area contributed by atoms with Crippen LogP contribution in [-0.2, 0) is 35.1 Å². The highest BCUT2D eigenvalue weighted by Crippen LogP contribution is 2.31. The van der Waals surface area contributed by atoms with Gasteiger partial charge in [-0.3, -0.25) is 4.18 Å². The zero-order chi connectivity index (χ0) is 22.8. The van der Waals surface area contributed by atoms with E-state index in [0.29, 0.717) is 25.7 Å². The first kappa shape index (κ1) is 24.9. The van der Waals surface area contributed by atoms with Gasteiger partial charge in [-0.1, -0.05) is 55.0 Å². The predicted octanol–water partition coefficient (Wildman–Crippen LogP) is 4.51. The maximum atomic E-state index is 12.3. The molecule has 6 nitrogen and oxygen atoms in total. The maximum Gasteiger partial charge on any atom is 0.297 e. The minimum absolute atomic E-state index is 0.00557. The molecule has 176 valence electrons. The Labute approximate surface area is 192 Å². The van der Waals surface area contributed by atoms with Crippen molar-refractivity contribution in [1.82, 2.24) is 0 Å². The molecule has 1 aliphatic rings. The third-order valence-corrected chi connectivity index (χ3v) is 6.84. The molecule has 0 N–H and O–H groups in total. The van der Waals surface area contributed by atoms with E-state index in [0.717, 1.165) is 30.4 Å². The molecule has 3 rings (SSSR count). The second-order valence-corrected chi connectivity index (χ2v) is 9.86. The van der Waals surface area contributed by atoms with Crippen LogP contribution in [0.15, 0.2) is 59.5 Å². The topological polar surface area (TPSA) is 71.1 Å². The molecule has 0 bridgehead atoms. The molecule has 0 heterocycles. The summed E-state index contributed by atoms with van der Waals surface area (Å²) in [6.07, 6.45) is 2.55. The Hall–Kier alpha value is -1.77. The summed E-state index contributed by atoms with van der Waals surface area (Å²) in [6, 6.07) is 16.7. The molecule has 1 aliphatic carbocycles. The molecule has 7 heteroatoms. The van der Waals surface area contributed by atoms with Crippen molar-refractivity contribution in [1.29, 1.82) is 0 Å². The highest BCUT2D eigenvalue weighted by atomic mass is 32.2. The van der Waals surface area contributed by atoms with E-state index in [-0.39, 0.29) is 30.3 Å². The van der Waals surface area contributed by atoms with Crippen LogP contribution in [0.2, 0.25) is 0 Å². The lowest BCUT2D eigenvalue weighted by atomic mass is 10.1. The summed E-state index contributed by atoms with van der Waals surface area (Å²) in [4.78, 5) is 0.156. The van der Waals surface area contributed by atoms with Crippen LogP contribution in [0.5, 0.6) is 0 Å². The third-order valence-electron chi connectivity index (χ3n) is 5.51. The minimum atomic E-state index is -3.78. The van der Waals surface area contributed by atoms with Crippen LogP contribution in [0.4, 0.5) is 0 Å². The van der Waals surface area contributed by atoms with Gasteiger partial charge in [0.15, 0.2) is 0 Å². The van der Waals surface area contributed by atoms with E-state index in [9.17, 15) is 8.42 Å². The Morgan fingerprint density at radius 3 is 2.19 bits per heavy atom. The lowest BCUT2D eigenvalue weighted by molar-refractivity contribution is -0.0610. The number of hydrogen-bond donors (Lipinski definition) is 0. The van der Waals surface area contributed by atoms with E-state index >= 15 is 0 Å². The van der Waals surface area contributed by atoms with Crippen LogP contribution >= 0.6 is 0 Å². The van der Waals surface area contributed by atoms with Crippen LogP contribution in [0.3, 0.4) is 0 Å². The van der Waals surface area contributed by atoms with E-state index in [1.165, 1.54) is 0 Å². The largest absolute Gasteiger partial charge is 0.376 e. The number of rotatable bonds is 13. The summed E-state index contributed by atoms with van der Waals surface area (Å²) in [5, 5.41) is 0. The summed E-state index contributed by atoms with van der Waals surface area (Å²) in [5.74, 6) is 0.350. The van der Waals surface area contributed by atoms with Gasteiger partial charge in [0.25, 0.3) is 10.1 Å². The lowest BCUT2D eigenvalue weighted by Gasteiger charge is -2.20. The second-order valence-electron chi connectivity index (χ2n) is 8.25. The Morgan fingerprint density at radius 2 is 1.53 bits per heavy atom. The number of aryl methyl sites for hydroxylation is 1. The van der Waals surface area contributed by atoms with Gasteiger partial charge < -0.3 is 14.2 Å². The summed E-state index contributed by atoms with van der Waals surface area (Å²) in [6.45, 7) is 6.08. The first-order valence-corrected chi connectivity index (χ1v) is 12.7. The third kappa shape index (κ3) is 7.67. The molecule has 0 amide bonds. The highest BCUT2D eigenvalue weighted by Gasteiger charge is 2.35. The minimum Gasteiger partial charge on any atom is -0.376 e. The number of benzene rings is 2. The summed E-state index contributed by atoms with van der Waals surface area (Å²) in [5.41, 5.74) is 2.15. The number of ether oxygens (including phenoxy) is 3. The zero-order valence-corrected chi connectivity index (χ0v) is 19.8. The van der Waals surface area contributed by atoms with Gasteiger partial charge in [-0.05, 0) is 49.8 Å². The molecule has 3 atom stereocenters. The van der Waals surface area contributed by atoms with Gasteiger partial charge in [-0.15, -0.1) is 0 Å². The standard InChI is InChI=1S/C25H34O6S/c1-3-13-29-24-16-22(19-28-18-21-7-5-4-6-8-21)17-25(24)30-14-15-31-32(26,27)23-11-9-20(2)10-12-23/h4-12,22,24-25H,3,13-19H2,1-2H3. The van der Waals surface area contributed by atoms with Crippen LogP contribution < -0.4 is 0 Å². The van der Waals surface area contributed by atoms with Crippen molar-refractivity contribution in [3.63, 3.8) is 0 Å². The molecule has 0 spiro atoms. The molecule has 1 saturated carbocycles. The molecule has 2 aromatic rings. The Bertz CT molecular complexity index is 898. The molecular weight excluding hydrogens is 428 g/mol. The van der Waals surface area contributed by atoms with Crippen LogP contribution in [0.25, 0.3) is 0 Å². The van der Waals surface area contributed by atoms with Crippen molar-refractivity contribution >= 4 is 10.1 Å². The first-order valence-electron chi connectivity index (χ1n) is 11.3. The van der Waals surface area contributed by atoms with Crippen LogP contribution in [0, 0.1) is 12.8 Å². The Morgan fingerprint density at radius 1 is 0.875 bits per heavy atom. The molecule has 0 radical (unpaired) electrons. The van der Waals surface area contributed by atoms with Crippen LogP contribution in [-0.4, -0.2) is 47.1 Å². The highest BCUT2D eigenvalue weighted by molar-refractivity contribution is 7.86.